The van der Waals surface area contributed by atoms with E-state index in [1.165, 1.54) is 6.42 Å². The Morgan fingerprint density at radius 3 is 2.15 bits per heavy atom. The minimum Gasteiger partial charge on any atom is -0.212 e. The lowest BCUT2D eigenvalue weighted by atomic mass is 9.87. The first-order valence-corrected chi connectivity index (χ1v) is 6.45. The van der Waals surface area contributed by atoms with Crippen molar-refractivity contribution in [2.75, 3.05) is 5.75 Å². The van der Waals surface area contributed by atoms with E-state index in [1.807, 2.05) is 20.8 Å². The number of hydrogen-bond donors (Lipinski definition) is 1. The van der Waals surface area contributed by atoms with Crippen LogP contribution in [0.4, 0.5) is 0 Å². The zero-order valence-electron chi connectivity index (χ0n) is 8.63. The smallest absolute Gasteiger partial charge is 0.212 e. The fourth-order valence-corrected chi connectivity index (χ4v) is 3.45. The van der Waals surface area contributed by atoms with Crippen molar-refractivity contribution in [2.45, 2.75) is 45.6 Å². The summed E-state index contributed by atoms with van der Waals surface area (Å²) in [6.45, 7) is 5.60. The Morgan fingerprint density at radius 1 is 1.31 bits per heavy atom. The first-order chi connectivity index (χ1) is 5.79. The zero-order valence-corrected chi connectivity index (χ0v) is 9.45. The second-order valence-corrected chi connectivity index (χ2v) is 6.70. The molecule has 1 rings (SSSR count). The topological polar surface area (TPSA) is 46.2 Å². The van der Waals surface area contributed by atoms with Crippen molar-refractivity contribution in [3.8, 4) is 0 Å². The van der Waals surface area contributed by atoms with Crippen molar-refractivity contribution < 1.29 is 8.42 Å². The van der Waals surface area contributed by atoms with Gasteiger partial charge >= 0.3 is 0 Å². The molecule has 0 radical (unpaired) electrons. The molecule has 1 fully saturated rings. The maximum atomic E-state index is 11.5. The van der Waals surface area contributed by atoms with Crippen LogP contribution in [-0.2, 0) is 10.0 Å². The summed E-state index contributed by atoms with van der Waals surface area (Å²) in [7, 11) is -3.05. The summed E-state index contributed by atoms with van der Waals surface area (Å²) >= 11 is 0. The molecule has 0 spiro atoms. The van der Waals surface area contributed by atoms with E-state index in [0.717, 1.165) is 12.8 Å². The van der Waals surface area contributed by atoms with E-state index < -0.39 is 10.0 Å². The Balaban J connectivity index is 2.46. The lowest BCUT2D eigenvalue weighted by Crippen LogP contribution is -2.43. The monoisotopic (exact) mass is 205 g/mol. The predicted octanol–water partition coefficient (Wildman–Crippen LogP) is 1.50. The predicted molar refractivity (Wildman–Crippen MR) is 54.0 cm³/mol. The van der Waals surface area contributed by atoms with E-state index in [2.05, 4.69) is 4.72 Å². The summed E-state index contributed by atoms with van der Waals surface area (Å²) in [5.41, 5.74) is -0.345. The third-order valence-electron chi connectivity index (χ3n) is 2.14. The molecule has 1 saturated carbocycles. The first-order valence-electron chi connectivity index (χ1n) is 4.80. The Hall–Kier alpha value is -0.0900. The van der Waals surface area contributed by atoms with Gasteiger partial charge in [-0.1, -0.05) is 6.42 Å². The molecule has 78 valence electrons. The third-order valence-corrected chi connectivity index (χ3v) is 3.98. The van der Waals surface area contributed by atoms with Crippen molar-refractivity contribution in [3.05, 3.63) is 0 Å². The van der Waals surface area contributed by atoms with Gasteiger partial charge in [0.1, 0.15) is 0 Å². The van der Waals surface area contributed by atoms with Gasteiger partial charge in [0.05, 0.1) is 5.75 Å². The zero-order chi connectivity index (χ0) is 10.1. The van der Waals surface area contributed by atoms with Crippen LogP contribution in [0.25, 0.3) is 0 Å². The molecule has 0 aromatic carbocycles. The van der Waals surface area contributed by atoms with E-state index >= 15 is 0 Å². The minimum absolute atomic E-state index is 0.310. The van der Waals surface area contributed by atoms with Gasteiger partial charge in [0, 0.05) is 5.54 Å². The van der Waals surface area contributed by atoms with Crippen LogP contribution in [0.1, 0.15) is 40.0 Å². The van der Waals surface area contributed by atoms with Crippen LogP contribution in [0.15, 0.2) is 0 Å². The van der Waals surface area contributed by atoms with Crippen LogP contribution >= 0.6 is 0 Å². The highest BCUT2D eigenvalue weighted by atomic mass is 32.2. The van der Waals surface area contributed by atoms with Gasteiger partial charge in [-0.2, -0.15) is 0 Å². The number of rotatable bonds is 3. The molecule has 1 N–H and O–H groups in total. The van der Waals surface area contributed by atoms with Gasteiger partial charge in [-0.3, -0.25) is 0 Å². The summed E-state index contributed by atoms with van der Waals surface area (Å²) < 4.78 is 25.7. The highest BCUT2D eigenvalue weighted by Gasteiger charge is 2.27. The SMILES string of the molecule is CC(C)(C)NS(=O)(=O)CC1CCC1. The molecule has 0 bridgehead atoms. The molecule has 0 aromatic rings. The van der Waals surface area contributed by atoms with Gasteiger partial charge in [-0.05, 0) is 39.5 Å². The van der Waals surface area contributed by atoms with Crippen LogP contribution in [0.5, 0.6) is 0 Å². The molecule has 0 unspecified atom stereocenters. The highest BCUT2D eigenvalue weighted by molar-refractivity contribution is 7.89. The second kappa shape index (κ2) is 3.58. The molecule has 3 nitrogen and oxygen atoms in total. The van der Waals surface area contributed by atoms with E-state index in [4.69, 9.17) is 0 Å². The molecule has 0 heterocycles. The molecule has 0 atom stereocenters. The lowest BCUT2D eigenvalue weighted by Gasteiger charge is -2.27. The first kappa shape index (κ1) is 11.0. The number of nitrogens with one attached hydrogen (secondary N) is 1. The summed E-state index contributed by atoms with van der Waals surface area (Å²) in [6.07, 6.45) is 3.34. The normalized spacial score (nSPS) is 19.9. The van der Waals surface area contributed by atoms with Gasteiger partial charge in [0.25, 0.3) is 0 Å². The van der Waals surface area contributed by atoms with E-state index in [0.29, 0.717) is 11.7 Å². The summed E-state index contributed by atoms with van der Waals surface area (Å²) in [5.74, 6) is 0.712. The maximum Gasteiger partial charge on any atom is 0.212 e. The average Bonchev–Trinajstić information content (AvgIpc) is 1.73. The molecule has 0 saturated heterocycles. The van der Waals surface area contributed by atoms with Crippen LogP contribution in [0, 0.1) is 5.92 Å². The molecular weight excluding hydrogens is 186 g/mol. The molecule has 0 amide bonds. The van der Waals surface area contributed by atoms with E-state index in [-0.39, 0.29) is 5.54 Å². The Kier molecular flexibility index (Phi) is 3.02. The summed E-state index contributed by atoms with van der Waals surface area (Å²) in [4.78, 5) is 0. The quantitative estimate of drug-likeness (QED) is 0.759. The van der Waals surface area contributed by atoms with Crippen molar-refractivity contribution in [1.82, 2.24) is 4.72 Å². The van der Waals surface area contributed by atoms with Gasteiger partial charge in [0.2, 0.25) is 10.0 Å². The molecule has 13 heavy (non-hydrogen) atoms. The molecule has 1 aliphatic carbocycles. The van der Waals surface area contributed by atoms with Crippen LogP contribution in [0.3, 0.4) is 0 Å². The Labute approximate surface area is 81.0 Å². The molecule has 0 aliphatic heterocycles. The molecule has 1 aliphatic rings. The number of hydrogen-bond acceptors (Lipinski definition) is 2. The van der Waals surface area contributed by atoms with E-state index in [9.17, 15) is 8.42 Å². The lowest BCUT2D eigenvalue weighted by molar-refractivity contribution is 0.344. The third kappa shape index (κ3) is 4.09. The van der Waals surface area contributed by atoms with E-state index in [1.54, 1.807) is 0 Å². The summed E-state index contributed by atoms with van der Waals surface area (Å²) in [6, 6.07) is 0. The largest absolute Gasteiger partial charge is 0.212 e. The maximum absolute atomic E-state index is 11.5. The number of sulfonamides is 1. The molecule has 4 heteroatoms. The van der Waals surface area contributed by atoms with Crippen molar-refractivity contribution in [3.63, 3.8) is 0 Å². The van der Waals surface area contributed by atoms with Gasteiger partial charge in [0.15, 0.2) is 0 Å². The van der Waals surface area contributed by atoms with Crippen LogP contribution < -0.4 is 4.72 Å². The fraction of sp³-hybridized carbons (Fsp3) is 1.00. The fourth-order valence-electron chi connectivity index (χ4n) is 1.48. The van der Waals surface area contributed by atoms with Gasteiger partial charge < -0.3 is 0 Å². The molecular formula is C9H19NO2S. The van der Waals surface area contributed by atoms with Crippen LogP contribution in [-0.4, -0.2) is 19.7 Å². The average molecular weight is 205 g/mol. The van der Waals surface area contributed by atoms with Gasteiger partial charge in [-0.25, -0.2) is 13.1 Å². The van der Waals surface area contributed by atoms with Crippen molar-refractivity contribution in [1.29, 1.82) is 0 Å². The molecule has 0 aromatic heterocycles. The second-order valence-electron chi connectivity index (χ2n) is 4.93. The van der Waals surface area contributed by atoms with Crippen molar-refractivity contribution in [2.24, 2.45) is 5.92 Å². The highest BCUT2D eigenvalue weighted by Crippen LogP contribution is 2.27. The van der Waals surface area contributed by atoms with Crippen molar-refractivity contribution >= 4 is 10.0 Å². The minimum atomic E-state index is -3.05. The Morgan fingerprint density at radius 2 is 1.85 bits per heavy atom. The Bertz CT molecular complexity index is 260. The summed E-state index contributed by atoms with van der Waals surface area (Å²) in [5, 5.41) is 0. The standard InChI is InChI=1S/C9H19NO2S/c1-9(2,3)10-13(11,12)7-8-5-4-6-8/h8,10H,4-7H2,1-3H3. The van der Waals surface area contributed by atoms with Crippen LogP contribution in [0.2, 0.25) is 0 Å². The van der Waals surface area contributed by atoms with Gasteiger partial charge in [-0.15, -0.1) is 0 Å².